The Morgan fingerprint density at radius 3 is 2.68 bits per heavy atom. The second-order valence-corrected chi connectivity index (χ2v) is 4.31. The van der Waals surface area contributed by atoms with Crippen LogP contribution in [0.25, 0.3) is 0 Å². The third-order valence-electron chi connectivity index (χ3n) is 2.85. The van der Waals surface area contributed by atoms with Gasteiger partial charge in [-0.15, -0.1) is 0 Å². The van der Waals surface area contributed by atoms with Crippen molar-refractivity contribution in [2.75, 3.05) is 11.9 Å². The van der Waals surface area contributed by atoms with Gasteiger partial charge in [-0.05, 0) is 12.0 Å². The summed E-state index contributed by atoms with van der Waals surface area (Å²) in [7, 11) is 0. The zero-order chi connectivity index (χ0) is 14.6. The van der Waals surface area contributed by atoms with Gasteiger partial charge in [0, 0.05) is 6.54 Å². The fourth-order valence-electron chi connectivity index (χ4n) is 1.45. The number of hydrogen-bond donors (Lipinski definition) is 2. The minimum absolute atomic E-state index is 0.0177. The smallest absolute Gasteiger partial charge is 0.338 e. The Morgan fingerprint density at radius 1 is 1.58 bits per heavy atom. The molecule has 0 radical (unpaired) electrons. The summed E-state index contributed by atoms with van der Waals surface area (Å²) < 4.78 is 13.4. The number of rotatable bonds is 6. The van der Waals surface area contributed by atoms with Crippen molar-refractivity contribution in [3.8, 4) is 0 Å². The van der Waals surface area contributed by atoms with E-state index in [0.29, 0.717) is 12.6 Å². The third-order valence-corrected chi connectivity index (χ3v) is 2.85. The van der Waals surface area contributed by atoms with Crippen molar-refractivity contribution >= 4 is 17.3 Å². The normalized spacial score (nSPS) is 11.9. The van der Waals surface area contributed by atoms with Crippen molar-refractivity contribution in [1.82, 2.24) is 0 Å². The molecule has 1 aromatic rings. The van der Waals surface area contributed by atoms with Crippen molar-refractivity contribution in [2.24, 2.45) is 5.92 Å². The summed E-state index contributed by atoms with van der Waals surface area (Å²) in [4.78, 5) is 20.9. The molecule has 1 atom stereocenters. The molecule has 104 valence electrons. The number of nitro groups is 1. The number of carboxylic acid groups (broad SMARTS) is 1. The SMILES string of the molecule is CCC(C)CNc1cc(C(=O)O)c(F)cc1[N+](=O)[O-]. The van der Waals surface area contributed by atoms with Gasteiger partial charge in [0.1, 0.15) is 11.5 Å². The molecule has 1 unspecified atom stereocenters. The average molecular weight is 270 g/mol. The van der Waals surface area contributed by atoms with Crippen LogP contribution in [0.1, 0.15) is 30.6 Å². The van der Waals surface area contributed by atoms with E-state index >= 15 is 0 Å². The molecule has 1 rings (SSSR count). The second kappa shape index (κ2) is 6.12. The zero-order valence-electron chi connectivity index (χ0n) is 10.6. The summed E-state index contributed by atoms with van der Waals surface area (Å²) in [6.45, 7) is 4.36. The molecule has 1 aromatic carbocycles. The van der Waals surface area contributed by atoms with Crippen molar-refractivity contribution in [3.05, 3.63) is 33.6 Å². The Bertz CT molecular complexity index is 505. The summed E-state index contributed by atoms with van der Waals surface area (Å²) in [5, 5.41) is 22.4. The Hall–Kier alpha value is -2.18. The first-order chi connectivity index (χ1) is 8.86. The monoisotopic (exact) mass is 270 g/mol. The van der Waals surface area contributed by atoms with Crippen molar-refractivity contribution in [3.63, 3.8) is 0 Å². The van der Waals surface area contributed by atoms with E-state index in [1.54, 1.807) is 0 Å². The topological polar surface area (TPSA) is 92.5 Å². The molecule has 6 nitrogen and oxygen atoms in total. The number of halogens is 1. The van der Waals surface area contributed by atoms with Crippen LogP contribution >= 0.6 is 0 Å². The van der Waals surface area contributed by atoms with Gasteiger partial charge in [-0.3, -0.25) is 10.1 Å². The van der Waals surface area contributed by atoms with E-state index < -0.39 is 28.0 Å². The van der Waals surface area contributed by atoms with Crippen LogP contribution in [0.4, 0.5) is 15.8 Å². The Kier molecular flexibility index (Phi) is 4.80. The highest BCUT2D eigenvalue weighted by Gasteiger charge is 2.21. The summed E-state index contributed by atoms with van der Waals surface area (Å²) in [5.41, 5.74) is -1.04. The van der Waals surface area contributed by atoms with E-state index in [1.807, 2.05) is 13.8 Å². The van der Waals surface area contributed by atoms with Crippen molar-refractivity contribution in [2.45, 2.75) is 20.3 Å². The average Bonchev–Trinajstić information content (AvgIpc) is 2.35. The second-order valence-electron chi connectivity index (χ2n) is 4.31. The fraction of sp³-hybridized carbons (Fsp3) is 0.417. The van der Waals surface area contributed by atoms with E-state index in [-0.39, 0.29) is 11.6 Å². The van der Waals surface area contributed by atoms with Gasteiger partial charge in [-0.25, -0.2) is 9.18 Å². The molecule has 0 aliphatic heterocycles. The predicted octanol–water partition coefficient (Wildman–Crippen LogP) is 2.89. The molecule has 0 aliphatic rings. The standard InChI is InChI=1S/C12H15FN2O4/c1-3-7(2)6-14-10-4-8(12(16)17)9(13)5-11(10)15(18)19/h4-5,7,14H,3,6H2,1-2H3,(H,16,17). The molecule has 0 amide bonds. The molecule has 0 spiro atoms. The highest BCUT2D eigenvalue weighted by atomic mass is 19.1. The maximum Gasteiger partial charge on any atom is 0.338 e. The molecule has 0 aliphatic carbocycles. The van der Waals surface area contributed by atoms with E-state index in [1.165, 1.54) is 0 Å². The first-order valence-corrected chi connectivity index (χ1v) is 5.81. The molecular weight excluding hydrogens is 255 g/mol. The number of nitro benzene ring substituents is 1. The van der Waals surface area contributed by atoms with Crippen LogP contribution < -0.4 is 5.32 Å². The Morgan fingerprint density at radius 2 is 2.21 bits per heavy atom. The quantitative estimate of drug-likeness (QED) is 0.612. The molecular formula is C12H15FN2O4. The lowest BCUT2D eigenvalue weighted by Gasteiger charge is -2.12. The van der Waals surface area contributed by atoms with Crippen LogP contribution in [-0.4, -0.2) is 22.5 Å². The number of hydrogen-bond acceptors (Lipinski definition) is 4. The highest BCUT2D eigenvalue weighted by Crippen LogP contribution is 2.28. The number of carboxylic acids is 1. The number of aromatic carboxylic acids is 1. The maximum absolute atomic E-state index is 13.4. The molecule has 0 saturated carbocycles. The highest BCUT2D eigenvalue weighted by molar-refractivity contribution is 5.90. The van der Waals surface area contributed by atoms with Gasteiger partial charge in [0.05, 0.1) is 16.6 Å². The summed E-state index contributed by atoms with van der Waals surface area (Å²) >= 11 is 0. The molecule has 2 N–H and O–H groups in total. The van der Waals surface area contributed by atoms with Gasteiger partial charge in [0.25, 0.3) is 5.69 Å². The molecule has 0 heterocycles. The van der Waals surface area contributed by atoms with Crippen LogP contribution in [0.15, 0.2) is 12.1 Å². The molecule has 0 aromatic heterocycles. The van der Waals surface area contributed by atoms with Gasteiger partial charge >= 0.3 is 5.97 Å². The summed E-state index contributed by atoms with van der Waals surface area (Å²) in [5.74, 6) is -2.31. The molecule has 7 heteroatoms. The third kappa shape index (κ3) is 3.64. The number of carbonyl (C=O) groups is 1. The van der Waals surface area contributed by atoms with Crippen molar-refractivity contribution in [1.29, 1.82) is 0 Å². The fourth-order valence-corrected chi connectivity index (χ4v) is 1.45. The van der Waals surface area contributed by atoms with E-state index in [2.05, 4.69) is 5.32 Å². The van der Waals surface area contributed by atoms with E-state index in [9.17, 15) is 19.3 Å². The largest absolute Gasteiger partial charge is 0.478 e. The van der Waals surface area contributed by atoms with Gasteiger partial charge in [-0.2, -0.15) is 0 Å². The lowest BCUT2D eigenvalue weighted by molar-refractivity contribution is -0.384. The van der Waals surface area contributed by atoms with E-state index in [4.69, 9.17) is 5.11 Å². The van der Waals surface area contributed by atoms with Gasteiger partial charge < -0.3 is 10.4 Å². The van der Waals surface area contributed by atoms with Crippen LogP contribution in [0.3, 0.4) is 0 Å². The first-order valence-electron chi connectivity index (χ1n) is 5.81. The minimum Gasteiger partial charge on any atom is -0.478 e. The number of benzene rings is 1. The zero-order valence-corrected chi connectivity index (χ0v) is 10.6. The number of nitrogens with zero attached hydrogens (tertiary/aromatic N) is 1. The number of nitrogens with one attached hydrogen (secondary N) is 1. The molecule has 0 fully saturated rings. The van der Waals surface area contributed by atoms with Crippen molar-refractivity contribution < 1.29 is 19.2 Å². The number of anilines is 1. The molecule has 0 bridgehead atoms. The van der Waals surface area contributed by atoms with Crippen LogP contribution in [0.2, 0.25) is 0 Å². The molecule has 19 heavy (non-hydrogen) atoms. The first kappa shape index (κ1) is 14.9. The predicted molar refractivity (Wildman–Crippen MR) is 68.0 cm³/mol. The van der Waals surface area contributed by atoms with Crippen LogP contribution in [-0.2, 0) is 0 Å². The maximum atomic E-state index is 13.4. The lowest BCUT2D eigenvalue weighted by atomic mass is 10.1. The van der Waals surface area contributed by atoms with Crippen LogP contribution in [0.5, 0.6) is 0 Å². The Labute approximate surface area is 109 Å². The summed E-state index contributed by atoms with van der Waals surface area (Å²) in [6.07, 6.45) is 0.869. The minimum atomic E-state index is -1.46. The van der Waals surface area contributed by atoms with Crippen LogP contribution in [0, 0.1) is 21.8 Å². The van der Waals surface area contributed by atoms with Gasteiger partial charge in [0.15, 0.2) is 0 Å². The Balaban J connectivity index is 3.14. The lowest BCUT2D eigenvalue weighted by Crippen LogP contribution is -2.13. The van der Waals surface area contributed by atoms with E-state index in [0.717, 1.165) is 12.5 Å². The van der Waals surface area contributed by atoms with Gasteiger partial charge in [0.2, 0.25) is 0 Å². The van der Waals surface area contributed by atoms with Gasteiger partial charge in [-0.1, -0.05) is 20.3 Å². The molecule has 0 saturated heterocycles. The summed E-state index contributed by atoms with van der Waals surface area (Å²) in [6, 6.07) is 1.58.